The van der Waals surface area contributed by atoms with Crippen molar-refractivity contribution in [2.75, 3.05) is 53.4 Å². The van der Waals surface area contributed by atoms with Gasteiger partial charge in [0.25, 0.3) is 5.56 Å². The van der Waals surface area contributed by atoms with Crippen molar-refractivity contribution >= 4 is 17.0 Å². The van der Waals surface area contributed by atoms with E-state index in [1.54, 1.807) is 10.6 Å². The summed E-state index contributed by atoms with van der Waals surface area (Å²) in [6.07, 6.45) is 4.39. The monoisotopic (exact) mass is 448 g/mol. The lowest BCUT2D eigenvalue weighted by Crippen LogP contribution is -2.46. The van der Waals surface area contributed by atoms with Crippen molar-refractivity contribution in [2.24, 2.45) is 0 Å². The zero-order valence-electron chi connectivity index (χ0n) is 19.6. The number of benzene rings is 2. The van der Waals surface area contributed by atoms with Crippen molar-refractivity contribution in [1.29, 1.82) is 0 Å². The fourth-order valence-electron chi connectivity index (χ4n) is 4.31. The van der Waals surface area contributed by atoms with E-state index in [0.717, 1.165) is 50.2 Å². The first-order valence-corrected chi connectivity index (χ1v) is 11.6. The fourth-order valence-corrected chi connectivity index (χ4v) is 4.31. The van der Waals surface area contributed by atoms with Crippen molar-refractivity contribution in [3.63, 3.8) is 0 Å². The Bertz CT molecular complexity index is 1150. The Morgan fingerprint density at radius 2 is 1.70 bits per heavy atom. The molecule has 0 bridgehead atoms. The third-order valence-electron chi connectivity index (χ3n) is 6.24. The molecule has 33 heavy (non-hydrogen) atoms. The van der Waals surface area contributed by atoms with Crippen molar-refractivity contribution < 1.29 is 4.39 Å². The van der Waals surface area contributed by atoms with Crippen LogP contribution in [0.5, 0.6) is 0 Å². The molecule has 1 fully saturated rings. The van der Waals surface area contributed by atoms with E-state index in [1.165, 1.54) is 17.7 Å². The molecule has 0 unspecified atom stereocenters. The summed E-state index contributed by atoms with van der Waals surface area (Å²) < 4.78 is 15.6. The van der Waals surface area contributed by atoms with Crippen LogP contribution in [0.1, 0.15) is 11.1 Å². The van der Waals surface area contributed by atoms with Gasteiger partial charge in [-0.05, 0) is 49.3 Å². The number of aromatic nitrogens is 1. The van der Waals surface area contributed by atoms with Crippen molar-refractivity contribution in [3.8, 4) is 0 Å². The molecule has 4 rings (SSSR count). The molecule has 0 saturated carbocycles. The van der Waals surface area contributed by atoms with Gasteiger partial charge in [-0.25, -0.2) is 4.39 Å². The number of halogens is 1. The van der Waals surface area contributed by atoms with E-state index in [0.29, 0.717) is 18.6 Å². The summed E-state index contributed by atoms with van der Waals surface area (Å²) in [5.41, 5.74) is 2.66. The highest BCUT2D eigenvalue weighted by molar-refractivity contribution is 5.79. The molecule has 0 aliphatic carbocycles. The Labute approximate surface area is 195 Å². The molecule has 174 valence electrons. The van der Waals surface area contributed by atoms with E-state index in [4.69, 9.17) is 0 Å². The van der Waals surface area contributed by atoms with Crippen LogP contribution >= 0.6 is 0 Å². The maximum Gasteiger partial charge on any atom is 0.255 e. The largest absolute Gasteiger partial charge is 0.308 e. The Morgan fingerprint density at radius 1 is 0.970 bits per heavy atom. The molecule has 2 heterocycles. The lowest BCUT2D eigenvalue weighted by molar-refractivity contribution is 0.136. The lowest BCUT2D eigenvalue weighted by Gasteiger charge is -2.34. The van der Waals surface area contributed by atoms with Gasteiger partial charge in [-0.15, -0.1) is 0 Å². The van der Waals surface area contributed by atoms with Crippen LogP contribution in [-0.4, -0.2) is 72.6 Å². The van der Waals surface area contributed by atoms with Crippen molar-refractivity contribution in [3.05, 3.63) is 88.0 Å². The van der Waals surface area contributed by atoms with Gasteiger partial charge in [-0.2, -0.15) is 0 Å². The van der Waals surface area contributed by atoms with Gasteiger partial charge in [0.1, 0.15) is 5.82 Å². The minimum Gasteiger partial charge on any atom is -0.308 e. The van der Waals surface area contributed by atoms with Gasteiger partial charge < -0.3 is 9.47 Å². The molecule has 0 amide bonds. The number of piperazine rings is 1. The Kier molecular flexibility index (Phi) is 7.70. The maximum absolute atomic E-state index is 13.9. The molecule has 2 aromatic carbocycles. The number of rotatable bonds is 8. The molecule has 0 spiro atoms. The number of nitrogens with zero attached hydrogens (tertiary/aromatic N) is 4. The quantitative estimate of drug-likeness (QED) is 0.528. The van der Waals surface area contributed by atoms with Crippen LogP contribution in [0.4, 0.5) is 4.39 Å². The zero-order chi connectivity index (χ0) is 23.2. The van der Waals surface area contributed by atoms with Crippen LogP contribution in [0, 0.1) is 5.82 Å². The predicted octanol–water partition coefficient (Wildman–Crippen LogP) is 3.53. The molecule has 0 atom stereocenters. The second-order valence-corrected chi connectivity index (χ2v) is 9.02. The highest BCUT2D eigenvalue weighted by Crippen LogP contribution is 2.17. The molecule has 1 aliphatic heterocycles. The second kappa shape index (κ2) is 10.9. The van der Waals surface area contributed by atoms with Gasteiger partial charge >= 0.3 is 0 Å². The smallest absolute Gasteiger partial charge is 0.255 e. The first-order valence-electron chi connectivity index (χ1n) is 11.6. The molecule has 1 aromatic heterocycles. The molecule has 1 saturated heterocycles. The molecule has 0 radical (unpaired) electrons. The third-order valence-corrected chi connectivity index (χ3v) is 6.24. The van der Waals surface area contributed by atoms with Gasteiger partial charge in [0.2, 0.25) is 0 Å². The lowest BCUT2D eigenvalue weighted by atomic mass is 10.1. The van der Waals surface area contributed by atoms with E-state index in [1.807, 2.05) is 31.1 Å². The molecule has 0 N–H and O–H groups in total. The van der Waals surface area contributed by atoms with Crippen LogP contribution in [0.15, 0.2) is 65.5 Å². The van der Waals surface area contributed by atoms with Crippen LogP contribution < -0.4 is 5.56 Å². The van der Waals surface area contributed by atoms with Gasteiger partial charge in [-0.3, -0.25) is 14.6 Å². The summed E-state index contributed by atoms with van der Waals surface area (Å²) in [4.78, 5) is 20.1. The van der Waals surface area contributed by atoms with E-state index in [9.17, 15) is 9.18 Å². The summed E-state index contributed by atoms with van der Waals surface area (Å²) in [7, 11) is 3.96. The van der Waals surface area contributed by atoms with Gasteiger partial charge in [-0.1, -0.05) is 42.5 Å². The zero-order valence-corrected chi connectivity index (χ0v) is 19.6. The predicted molar refractivity (Wildman–Crippen MR) is 134 cm³/mol. The summed E-state index contributed by atoms with van der Waals surface area (Å²) in [5.74, 6) is -0.314. The van der Waals surface area contributed by atoms with E-state index < -0.39 is 0 Å². The summed E-state index contributed by atoms with van der Waals surface area (Å²) >= 11 is 0. The van der Waals surface area contributed by atoms with Crippen LogP contribution in [-0.2, 0) is 13.1 Å². The van der Waals surface area contributed by atoms with Crippen LogP contribution in [0.2, 0.25) is 0 Å². The highest BCUT2D eigenvalue weighted by Gasteiger charge is 2.18. The molecule has 6 heteroatoms. The number of fused-ring (bicyclic) bond motifs is 1. The average molecular weight is 449 g/mol. The average Bonchev–Trinajstić information content (AvgIpc) is 2.81. The summed E-state index contributed by atoms with van der Waals surface area (Å²) in [6.45, 7) is 6.64. The van der Waals surface area contributed by atoms with E-state index in [-0.39, 0.29) is 11.4 Å². The van der Waals surface area contributed by atoms with Crippen molar-refractivity contribution in [1.82, 2.24) is 19.3 Å². The Hall–Kier alpha value is -2.80. The summed E-state index contributed by atoms with van der Waals surface area (Å²) in [6, 6.07) is 17.0. The number of hydrogen-bond donors (Lipinski definition) is 0. The molecular weight excluding hydrogens is 415 g/mol. The first-order chi connectivity index (χ1) is 16.0. The Morgan fingerprint density at radius 3 is 2.42 bits per heavy atom. The minimum absolute atomic E-state index is 0.0109. The van der Waals surface area contributed by atoms with Gasteiger partial charge in [0.15, 0.2) is 0 Å². The topological polar surface area (TPSA) is 31.7 Å². The SMILES string of the molecule is CN(C)CCn1c(=O)c(CN2CCN(C/C=C/c3ccccc3)CC2)cc2ccc(F)cc21. The van der Waals surface area contributed by atoms with Gasteiger partial charge in [0.05, 0.1) is 5.52 Å². The van der Waals surface area contributed by atoms with Crippen LogP contribution in [0.25, 0.3) is 17.0 Å². The third kappa shape index (κ3) is 6.16. The van der Waals surface area contributed by atoms with E-state index >= 15 is 0 Å². The molecule has 1 aliphatic rings. The van der Waals surface area contributed by atoms with Crippen LogP contribution in [0.3, 0.4) is 0 Å². The van der Waals surface area contributed by atoms with E-state index in [2.05, 4.69) is 46.2 Å². The number of pyridine rings is 1. The Balaban J connectivity index is 1.42. The highest BCUT2D eigenvalue weighted by atomic mass is 19.1. The molecule has 3 aromatic rings. The second-order valence-electron chi connectivity index (χ2n) is 9.02. The number of likely N-dealkylation sites (N-methyl/N-ethyl adjacent to an activating group) is 1. The number of hydrogen-bond acceptors (Lipinski definition) is 4. The first kappa shape index (κ1) is 23.4. The summed E-state index contributed by atoms with van der Waals surface area (Å²) in [5, 5.41) is 0.912. The fraction of sp³-hybridized carbons (Fsp3) is 0.370. The minimum atomic E-state index is -0.314. The normalized spacial score (nSPS) is 15.8. The molecule has 5 nitrogen and oxygen atoms in total. The standard InChI is InChI=1S/C27H33FN4O/c1-29(2)13-18-32-26-20-25(28)11-10-23(26)19-24(27(32)33)21-31-16-14-30(15-17-31)12-6-9-22-7-4-3-5-8-22/h3-11,19-20H,12-18,21H2,1-2H3/b9-6+. The van der Waals surface area contributed by atoms with Crippen molar-refractivity contribution in [2.45, 2.75) is 13.1 Å². The van der Waals surface area contributed by atoms with Gasteiger partial charge in [0, 0.05) is 57.9 Å². The maximum atomic E-state index is 13.9. The molecular formula is C27H33FN4O.